The van der Waals surface area contributed by atoms with Gasteiger partial charge < -0.3 is 5.32 Å². The highest BCUT2D eigenvalue weighted by atomic mass is 19.1. The summed E-state index contributed by atoms with van der Waals surface area (Å²) >= 11 is 0. The highest BCUT2D eigenvalue weighted by Gasteiger charge is 2.18. The summed E-state index contributed by atoms with van der Waals surface area (Å²) in [5.41, 5.74) is 2.62. The van der Waals surface area contributed by atoms with Crippen molar-refractivity contribution in [3.8, 4) is 0 Å². The summed E-state index contributed by atoms with van der Waals surface area (Å²) in [6, 6.07) is 19.2. The molecular formula is C21H16FNO2. The number of carbonyl (C=O) groups excluding carboxylic acids is 2. The first-order valence-electron chi connectivity index (χ1n) is 7.82. The Morgan fingerprint density at radius 2 is 1.40 bits per heavy atom. The number of halogens is 1. The van der Waals surface area contributed by atoms with Crippen molar-refractivity contribution >= 4 is 17.4 Å². The van der Waals surface area contributed by atoms with Crippen LogP contribution in [0.1, 0.15) is 31.8 Å². The van der Waals surface area contributed by atoms with Crippen LogP contribution in [-0.4, -0.2) is 11.7 Å². The van der Waals surface area contributed by atoms with Gasteiger partial charge in [-0.1, -0.05) is 35.9 Å². The van der Waals surface area contributed by atoms with Crippen molar-refractivity contribution in [2.24, 2.45) is 0 Å². The van der Waals surface area contributed by atoms with E-state index in [4.69, 9.17) is 0 Å². The van der Waals surface area contributed by atoms with Crippen molar-refractivity contribution in [1.82, 2.24) is 0 Å². The summed E-state index contributed by atoms with van der Waals surface area (Å²) < 4.78 is 13.1. The van der Waals surface area contributed by atoms with E-state index in [9.17, 15) is 14.0 Å². The van der Waals surface area contributed by atoms with Gasteiger partial charge in [-0.25, -0.2) is 4.39 Å². The molecule has 1 amide bonds. The van der Waals surface area contributed by atoms with Gasteiger partial charge in [0.25, 0.3) is 5.91 Å². The first-order chi connectivity index (χ1) is 12.0. The van der Waals surface area contributed by atoms with Crippen molar-refractivity contribution in [3.63, 3.8) is 0 Å². The second-order valence-corrected chi connectivity index (χ2v) is 5.70. The Labute approximate surface area is 145 Å². The lowest BCUT2D eigenvalue weighted by molar-refractivity contribution is 0.0996. The molecule has 0 spiro atoms. The van der Waals surface area contributed by atoms with Crippen LogP contribution < -0.4 is 5.32 Å². The average molecular weight is 333 g/mol. The number of carbonyl (C=O) groups is 2. The van der Waals surface area contributed by atoms with Gasteiger partial charge in [-0.05, 0) is 49.4 Å². The van der Waals surface area contributed by atoms with E-state index >= 15 is 0 Å². The van der Waals surface area contributed by atoms with Gasteiger partial charge in [0, 0.05) is 16.8 Å². The van der Waals surface area contributed by atoms with E-state index in [1.165, 1.54) is 24.3 Å². The van der Waals surface area contributed by atoms with Crippen LogP contribution in [0, 0.1) is 12.7 Å². The van der Waals surface area contributed by atoms with Gasteiger partial charge in [0.05, 0.1) is 5.56 Å². The number of hydrogen-bond donors (Lipinski definition) is 1. The highest BCUT2D eigenvalue weighted by molar-refractivity contribution is 6.17. The van der Waals surface area contributed by atoms with Crippen LogP contribution in [0.5, 0.6) is 0 Å². The minimum atomic E-state index is -0.415. The second-order valence-electron chi connectivity index (χ2n) is 5.70. The van der Waals surface area contributed by atoms with Crippen LogP contribution >= 0.6 is 0 Å². The zero-order chi connectivity index (χ0) is 17.8. The summed E-state index contributed by atoms with van der Waals surface area (Å²) in [5.74, 6) is -1.11. The summed E-state index contributed by atoms with van der Waals surface area (Å²) in [7, 11) is 0. The number of benzene rings is 3. The van der Waals surface area contributed by atoms with Crippen LogP contribution in [0.4, 0.5) is 10.1 Å². The molecule has 0 aliphatic carbocycles. The molecule has 0 saturated heterocycles. The van der Waals surface area contributed by atoms with Gasteiger partial charge in [-0.2, -0.15) is 0 Å². The van der Waals surface area contributed by atoms with Gasteiger partial charge in [0.2, 0.25) is 0 Å². The van der Waals surface area contributed by atoms with Gasteiger partial charge in [-0.15, -0.1) is 0 Å². The van der Waals surface area contributed by atoms with Crippen LogP contribution in [0.3, 0.4) is 0 Å². The molecule has 0 bridgehead atoms. The Morgan fingerprint density at radius 1 is 0.800 bits per heavy atom. The first kappa shape index (κ1) is 16.6. The minimum absolute atomic E-state index is 0.275. The monoisotopic (exact) mass is 333 g/mol. The molecule has 3 aromatic carbocycles. The highest BCUT2D eigenvalue weighted by Crippen LogP contribution is 2.17. The molecule has 0 unspecified atom stereocenters. The van der Waals surface area contributed by atoms with Crippen molar-refractivity contribution < 1.29 is 14.0 Å². The van der Waals surface area contributed by atoms with Crippen molar-refractivity contribution in [1.29, 1.82) is 0 Å². The number of anilines is 1. The van der Waals surface area contributed by atoms with E-state index in [-0.39, 0.29) is 22.8 Å². The van der Waals surface area contributed by atoms with Gasteiger partial charge >= 0.3 is 0 Å². The Kier molecular flexibility index (Phi) is 4.70. The molecule has 25 heavy (non-hydrogen) atoms. The number of nitrogens with one attached hydrogen (secondary N) is 1. The summed E-state index contributed by atoms with van der Waals surface area (Å²) in [6.45, 7) is 1.96. The molecule has 3 rings (SSSR count). The fraction of sp³-hybridized carbons (Fsp3) is 0.0476. The van der Waals surface area contributed by atoms with Crippen LogP contribution in [-0.2, 0) is 0 Å². The number of amides is 1. The lowest BCUT2D eigenvalue weighted by Crippen LogP contribution is -2.17. The molecule has 0 fully saturated rings. The predicted molar refractivity (Wildman–Crippen MR) is 95.4 cm³/mol. The number of hydrogen-bond acceptors (Lipinski definition) is 2. The molecule has 124 valence electrons. The molecular weight excluding hydrogens is 317 g/mol. The molecule has 0 aromatic heterocycles. The molecule has 0 aliphatic rings. The van der Waals surface area contributed by atoms with Gasteiger partial charge in [-0.3, -0.25) is 9.59 Å². The Balaban J connectivity index is 1.89. The Hall–Kier alpha value is -3.27. The first-order valence-corrected chi connectivity index (χ1v) is 7.82. The zero-order valence-electron chi connectivity index (χ0n) is 13.6. The fourth-order valence-corrected chi connectivity index (χ4v) is 2.47. The lowest BCUT2D eigenvalue weighted by Gasteiger charge is -2.10. The molecule has 0 radical (unpaired) electrons. The fourth-order valence-electron chi connectivity index (χ4n) is 2.47. The minimum Gasteiger partial charge on any atom is -0.322 e. The molecule has 3 aromatic rings. The van der Waals surface area contributed by atoms with Crippen LogP contribution in [0.15, 0.2) is 72.8 Å². The quantitative estimate of drug-likeness (QED) is 0.708. The molecule has 0 atom stereocenters. The maximum Gasteiger partial charge on any atom is 0.256 e. The molecule has 4 heteroatoms. The number of rotatable bonds is 4. The van der Waals surface area contributed by atoms with E-state index in [0.717, 1.165) is 5.56 Å². The van der Waals surface area contributed by atoms with Crippen molar-refractivity contribution in [3.05, 3.63) is 101 Å². The van der Waals surface area contributed by atoms with Crippen LogP contribution in [0.25, 0.3) is 0 Å². The smallest absolute Gasteiger partial charge is 0.256 e. The third kappa shape index (κ3) is 3.80. The third-order valence-corrected chi connectivity index (χ3v) is 3.83. The van der Waals surface area contributed by atoms with Crippen LogP contribution in [0.2, 0.25) is 0 Å². The molecule has 1 N–H and O–H groups in total. The number of ketones is 1. The maximum absolute atomic E-state index is 13.1. The largest absolute Gasteiger partial charge is 0.322 e. The zero-order valence-corrected chi connectivity index (χ0v) is 13.6. The predicted octanol–water partition coefficient (Wildman–Crippen LogP) is 4.62. The van der Waals surface area contributed by atoms with Crippen molar-refractivity contribution in [2.75, 3.05) is 5.32 Å². The van der Waals surface area contributed by atoms with E-state index in [1.807, 2.05) is 19.1 Å². The topological polar surface area (TPSA) is 46.2 Å². The SMILES string of the molecule is Cc1ccc(NC(=O)c2ccccc2C(=O)c2ccc(F)cc2)cc1. The van der Waals surface area contributed by atoms with Crippen molar-refractivity contribution in [2.45, 2.75) is 6.92 Å². The average Bonchev–Trinajstić information content (AvgIpc) is 2.63. The Morgan fingerprint density at radius 3 is 2.04 bits per heavy atom. The molecule has 3 nitrogen and oxygen atoms in total. The lowest BCUT2D eigenvalue weighted by atomic mass is 9.98. The number of aryl methyl sites for hydroxylation is 1. The van der Waals surface area contributed by atoms with E-state index < -0.39 is 5.82 Å². The van der Waals surface area contributed by atoms with E-state index in [1.54, 1.807) is 36.4 Å². The summed E-state index contributed by atoms with van der Waals surface area (Å²) in [5, 5.41) is 2.79. The van der Waals surface area contributed by atoms with Gasteiger partial charge in [0.15, 0.2) is 5.78 Å². The molecule has 0 aliphatic heterocycles. The molecule has 0 heterocycles. The molecule has 0 saturated carbocycles. The van der Waals surface area contributed by atoms with E-state index in [2.05, 4.69) is 5.32 Å². The summed E-state index contributed by atoms with van der Waals surface area (Å²) in [6.07, 6.45) is 0. The second kappa shape index (κ2) is 7.09. The van der Waals surface area contributed by atoms with E-state index in [0.29, 0.717) is 11.3 Å². The Bertz CT molecular complexity index is 915. The summed E-state index contributed by atoms with van der Waals surface area (Å²) in [4.78, 5) is 25.3. The maximum atomic E-state index is 13.1. The van der Waals surface area contributed by atoms with Gasteiger partial charge in [0.1, 0.15) is 5.82 Å². The third-order valence-electron chi connectivity index (χ3n) is 3.83. The standard InChI is InChI=1S/C21H16FNO2/c1-14-6-12-17(13-7-14)23-21(25)19-5-3-2-4-18(19)20(24)15-8-10-16(22)11-9-15/h2-13H,1H3,(H,23,25). The normalized spacial score (nSPS) is 10.3.